The molecule has 114 valence electrons. The first kappa shape index (κ1) is 16.3. The highest BCUT2D eigenvalue weighted by Crippen LogP contribution is 2.56. The maximum atomic E-state index is 9.29. The maximum absolute atomic E-state index is 9.29. The second-order valence-corrected chi connectivity index (χ2v) is 6.13. The minimum absolute atomic E-state index is 0.0457. The van der Waals surface area contributed by atoms with Crippen molar-refractivity contribution in [2.24, 2.45) is 5.41 Å². The molecule has 1 saturated carbocycles. The van der Waals surface area contributed by atoms with Crippen molar-refractivity contribution in [1.29, 1.82) is 5.26 Å². The lowest BCUT2D eigenvalue weighted by molar-refractivity contribution is 0.304. The van der Waals surface area contributed by atoms with Gasteiger partial charge in [-0.05, 0) is 55.1 Å². The Labute approximate surface area is 134 Å². The van der Waals surface area contributed by atoms with E-state index in [2.05, 4.69) is 38.3 Å². The van der Waals surface area contributed by atoms with Crippen LogP contribution in [0.4, 0.5) is 0 Å². The van der Waals surface area contributed by atoms with Crippen molar-refractivity contribution < 1.29 is 0 Å². The first-order chi connectivity index (χ1) is 10.6. The standard InChI is InChI=1S/C21H25N/c1-5-11-18-16(4)20(14-17(6-2)15-22)21(19(18)7-3)12-9-8-10-13-21/h5-7,11,14H,2-3,8-10,12-13H2,1,4H3/b11-5-,17-14+. The normalized spacial score (nSPS) is 21.6. The number of nitriles is 1. The average molecular weight is 291 g/mol. The fourth-order valence-corrected chi connectivity index (χ4v) is 4.03. The van der Waals surface area contributed by atoms with E-state index in [-0.39, 0.29) is 5.41 Å². The summed E-state index contributed by atoms with van der Waals surface area (Å²) in [5, 5.41) is 9.29. The highest BCUT2D eigenvalue weighted by atomic mass is 14.5. The molecule has 0 saturated heterocycles. The molecule has 0 radical (unpaired) electrons. The van der Waals surface area contributed by atoms with E-state index >= 15 is 0 Å². The molecule has 1 fully saturated rings. The molecule has 0 heterocycles. The lowest BCUT2D eigenvalue weighted by Gasteiger charge is -2.37. The third-order valence-electron chi connectivity index (χ3n) is 5.02. The molecule has 2 aliphatic carbocycles. The van der Waals surface area contributed by atoms with Crippen LogP contribution in [-0.4, -0.2) is 0 Å². The molecule has 0 atom stereocenters. The van der Waals surface area contributed by atoms with Crippen LogP contribution >= 0.6 is 0 Å². The summed E-state index contributed by atoms with van der Waals surface area (Å²) in [7, 11) is 0. The zero-order chi connectivity index (χ0) is 16.2. The minimum atomic E-state index is 0.0457. The summed E-state index contributed by atoms with van der Waals surface area (Å²) >= 11 is 0. The summed E-state index contributed by atoms with van der Waals surface area (Å²) in [6, 6.07) is 2.25. The van der Waals surface area contributed by atoms with E-state index in [1.165, 1.54) is 41.6 Å². The third-order valence-corrected chi connectivity index (χ3v) is 5.02. The van der Waals surface area contributed by atoms with Crippen LogP contribution < -0.4 is 0 Å². The van der Waals surface area contributed by atoms with E-state index in [0.29, 0.717) is 5.57 Å². The Balaban J connectivity index is 2.68. The van der Waals surface area contributed by atoms with Gasteiger partial charge in [-0.25, -0.2) is 0 Å². The predicted octanol–water partition coefficient (Wildman–Crippen LogP) is 5.96. The lowest BCUT2D eigenvalue weighted by atomic mass is 9.66. The minimum Gasteiger partial charge on any atom is -0.192 e. The van der Waals surface area contributed by atoms with Crippen molar-refractivity contribution in [3.63, 3.8) is 0 Å². The summed E-state index contributed by atoms with van der Waals surface area (Å²) in [6.45, 7) is 12.1. The van der Waals surface area contributed by atoms with Gasteiger partial charge in [0.2, 0.25) is 0 Å². The van der Waals surface area contributed by atoms with Crippen LogP contribution in [0.1, 0.15) is 46.0 Å². The molecule has 0 aromatic heterocycles. The molecule has 0 bridgehead atoms. The summed E-state index contributed by atoms with van der Waals surface area (Å²) < 4.78 is 0. The molecule has 0 aromatic rings. The molecule has 0 N–H and O–H groups in total. The van der Waals surface area contributed by atoms with Crippen molar-refractivity contribution in [3.8, 4) is 6.07 Å². The highest BCUT2D eigenvalue weighted by molar-refractivity contribution is 5.64. The molecule has 1 spiro atoms. The van der Waals surface area contributed by atoms with Crippen molar-refractivity contribution >= 4 is 0 Å². The predicted molar refractivity (Wildman–Crippen MR) is 94.1 cm³/mol. The molecule has 2 rings (SSSR count). The van der Waals surface area contributed by atoms with Crippen molar-refractivity contribution in [1.82, 2.24) is 0 Å². The Kier molecular flexibility index (Phi) is 5.03. The smallest absolute Gasteiger partial charge is 0.0991 e. The molecule has 1 nitrogen and oxygen atoms in total. The monoisotopic (exact) mass is 291 g/mol. The van der Waals surface area contributed by atoms with Crippen LogP contribution in [0.5, 0.6) is 0 Å². The van der Waals surface area contributed by atoms with Gasteiger partial charge in [0.25, 0.3) is 0 Å². The fraction of sp³-hybridized carbons (Fsp3) is 0.381. The summed E-state index contributed by atoms with van der Waals surface area (Å²) in [4.78, 5) is 0. The van der Waals surface area contributed by atoms with Gasteiger partial charge in [-0.3, -0.25) is 0 Å². The number of allylic oxidation sites excluding steroid dienone is 10. The summed E-state index contributed by atoms with van der Waals surface area (Å²) in [5.74, 6) is 0. The summed E-state index contributed by atoms with van der Waals surface area (Å²) in [6.07, 6.45) is 16.1. The molecule has 2 aliphatic rings. The van der Waals surface area contributed by atoms with E-state index in [0.717, 1.165) is 12.8 Å². The van der Waals surface area contributed by atoms with Crippen LogP contribution in [0.3, 0.4) is 0 Å². The van der Waals surface area contributed by atoms with E-state index < -0.39 is 0 Å². The second kappa shape index (κ2) is 6.79. The number of rotatable bonds is 4. The first-order valence-corrected chi connectivity index (χ1v) is 8.10. The van der Waals surface area contributed by atoms with Gasteiger partial charge in [-0.2, -0.15) is 5.26 Å². The quantitative estimate of drug-likeness (QED) is 0.463. The van der Waals surface area contributed by atoms with Crippen molar-refractivity contribution in [2.75, 3.05) is 0 Å². The lowest BCUT2D eigenvalue weighted by Crippen LogP contribution is -2.26. The Morgan fingerprint density at radius 3 is 2.36 bits per heavy atom. The maximum Gasteiger partial charge on any atom is 0.0991 e. The zero-order valence-corrected chi connectivity index (χ0v) is 13.8. The SMILES string of the molecule is C=CC1=C(/C=C\C)C(C)=C(/C=C(/C#N)C=C)C12CCCCC2. The molecule has 22 heavy (non-hydrogen) atoms. The Hall–Kier alpha value is -2.07. The Bertz CT molecular complexity index is 638. The van der Waals surface area contributed by atoms with Gasteiger partial charge in [0, 0.05) is 5.41 Å². The average Bonchev–Trinajstić information content (AvgIpc) is 2.75. The van der Waals surface area contributed by atoms with Gasteiger partial charge in [0.1, 0.15) is 0 Å². The van der Waals surface area contributed by atoms with Gasteiger partial charge in [-0.1, -0.05) is 56.7 Å². The van der Waals surface area contributed by atoms with E-state index in [1.54, 1.807) is 6.08 Å². The van der Waals surface area contributed by atoms with Crippen molar-refractivity contribution in [2.45, 2.75) is 46.0 Å². The van der Waals surface area contributed by atoms with Gasteiger partial charge in [0.05, 0.1) is 11.6 Å². The number of nitrogens with zero attached hydrogens (tertiary/aromatic N) is 1. The number of hydrogen-bond donors (Lipinski definition) is 0. The van der Waals surface area contributed by atoms with Gasteiger partial charge in [-0.15, -0.1) is 0 Å². The van der Waals surface area contributed by atoms with E-state index in [9.17, 15) is 5.26 Å². The van der Waals surface area contributed by atoms with E-state index in [4.69, 9.17) is 0 Å². The highest BCUT2D eigenvalue weighted by Gasteiger charge is 2.43. The van der Waals surface area contributed by atoms with Crippen molar-refractivity contribution in [3.05, 3.63) is 71.4 Å². The zero-order valence-electron chi connectivity index (χ0n) is 13.8. The molecule has 0 aromatic carbocycles. The van der Waals surface area contributed by atoms with Crippen LogP contribution in [0.2, 0.25) is 0 Å². The molecule has 0 amide bonds. The first-order valence-electron chi connectivity index (χ1n) is 8.10. The third kappa shape index (κ3) is 2.55. The largest absolute Gasteiger partial charge is 0.192 e. The second-order valence-electron chi connectivity index (χ2n) is 6.13. The molecular weight excluding hydrogens is 266 g/mol. The van der Waals surface area contributed by atoms with Crippen LogP contribution in [0.25, 0.3) is 0 Å². The Morgan fingerprint density at radius 2 is 1.86 bits per heavy atom. The van der Waals surface area contributed by atoms with E-state index in [1.807, 2.05) is 19.1 Å². The molecule has 1 heteroatoms. The van der Waals surface area contributed by atoms with Gasteiger partial charge in [0.15, 0.2) is 0 Å². The Morgan fingerprint density at radius 1 is 1.18 bits per heavy atom. The molecule has 0 unspecified atom stereocenters. The fourth-order valence-electron chi connectivity index (χ4n) is 4.03. The molecule has 0 aliphatic heterocycles. The van der Waals surface area contributed by atoms with Gasteiger partial charge >= 0.3 is 0 Å². The van der Waals surface area contributed by atoms with Crippen LogP contribution in [0, 0.1) is 16.7 Å². The molecular formula is C21H25N. The topological polar surface area (TPSA) is 23.8 Å². The summed E-state index contributed by atoms with van der Waals surface area (Å²) in [5.41, 5.74) is 5.90. The number of hydrogen-bond acceptors (Lipinski definition) is 1. The van der Waals surface area contributed by atoms with Gasteiger partial charge < -0.3 is 0 Å². The van der Waals surface area contributed by atoms with Crippen LogP contribution in [-0.2, 0) is 0 Å². The van der Waals surface area contributed by atoms with Crippen LogP contribution in [0.15, 0.2) is 71.4 Å².